The van der Waals surface area contributed by atoms with Gasteiger partial charge in [0.2, 0.25) is 0 Å². The van der Waals surface area contributed by atoms with E-state index in [1.54, 1.807) is 48.5 Å². The summed E-state index contributed by atoms with van der Waals surface area (Å²) in [4.78, 5) is 39.4. The van der Waals surface area contributed by atoms with Gasteiger partial charge < -0.3 is 33.9 Å². The first kappa shape index (κ1) is 31.8. The molecule has 42 heavy (non-hydrogen) atoms. The summed E-state index contributed by atoms with van der Waals surface area (Å²) in [5.74, 6) is -1.92. The summed E-state index contributed by atoms with van der Waals surface area (Å²) < 4.78 is 27.7. The van der Waals surface area contributed by atoms with Crippen LogP contribution in [0.2, 0.25) is 0 Å². The highest BCUT2D eigenvalue weighted by molar-refractivity contribution is 6.00. The van der Waals surface area contributed by atoms with Crippen LogP contribution in [-0.2, 0) is 4.74 Å². The van der Waals surface area contributed by atoms with Crippen LogP contribution in [0, 0.1) is 55.4 Å². The summed E-state index contributed by atoms with van der Waals surface area (Å²) in [6.45, 7) is 13.1. The van der Waals surface area contributed by atoms with Crippen molar-refractivity contribution in [3.05, 3.63) is 67.3 Å². The van der Waals surface area contributed by atoms with E-state index in [0.29, 0.717) is 38.9 Å². The van der Waals surface area contributed by atoms with Crippen LogP contribution in [0.15, 0.2) is 6.07 Å². The van der Waals surface area contributed by atoms with Gasteiger partial charge >= 0.3 is 17.9 Å². The molecule has 0 atom stereocenters. The number of ether oxygens (including phenoxy) is 5. The van der Waals surface area contributed by atoms with E-state index >= 15 is 0 Å². The Hall–Kier alpha value is -4.73. The molecule has 0 fully saturated rings. The molecule has 3 aromatic carbocycles. The Morgan fingerprint density at radius 2 is 0.929 bits per heavy atom. The third-order valence-electron chi connectivity index (χ3n) is 7.69. The third-order valence-corrected chi connectivity index (χ3v) is 7.69. The van der Waals surface area contributed by atoms with Gasteiger partial charge in [-0.15, -0.1) is 0 Å². The number of esters is 3. The number of aryl methyl sites for hydroxylation is 1. The van der Waals surface area contributed by atoms with Crippen LogP contribution in [0.3, 0.4) is 0 Å². The van der Waals surface area contributed by atoms with Crippen molar-refractivity contribution in [2.24, 2.45) is 0 Å². The molecule has 0 aromatic heterocycles. The van der Waals surface area contributed by atoms with Crippen LogP contribution in [0.1, 0.15) is 75.6 Å². The normalized spacial score (nSPS) is 10.7. The molecule has 0 aliphatic carbocycles. The van der Waals surface area contributed by atoms with Gasteiger partial charge in [0.25, 0.3) is 0 Å². The molecule has 0 aliphatic heterocycles. The summed E-state index contributed by atoms with van der Waals surface area (Å²) >= 11 is 0. The molecule has 0 amide bonds. The van der Waals surface area contributed by atoms with E-state index < -0.39 is 17.9 Å². The second-order valence-corrected chi connectivity index (χ2v) is 10.1. The lowest BCUT2D eigenvalue weighted by Crippen LogP contribution is -2.18. The van der Waals surface area contributed by atoms with Crippen molar-refractivity contribution in [1.29, 1.82) is 0 Å². The molecule has 3 rings (SSSR count). The van der Waals surface area contributed by atoms with Crippen molar-refractivity contribution < 1.29 is 48.3 Å². The second-order valence-electron chi connectivity index (χ2n) is 10.1. The van der Waals surface area contributed by atoms with Gasteiger partial charge in [0.05, 0.1) is 21.3 Å². The average molecular weight is 581 g/mol. The van der Waals surface area contributed by atoms with Crippen LogP contribution in [0.5, 0.6) is 34.5 Å². The fourth-order valence-corrected chi connectivity index (χ4v) is 5.04. The lowest BCUT2D eigenvalue weighted by atomic mass is 9.95. The van der Waals surface area contributed by atoms with E-state index in [1.165, 1.54) is 34.3 Å². The van der Waals surface area contributed by atoms with Crippen molar-refractivity contribution in [2.75, 3.05) is 21.3 Å². The first-order valence-electron chi connectivity index (χ1n) is 13.0. The molecule has 0 bridgehead atoms. The molecule has 2 N–H and O–H groups in total. The van der Waals surface area contributed by atoms with Gasteiger partial charge in [0.15, 0.2) is 0 Å². The zero-order valence-electron chi connectivity index (χ0n) is 25.7. The van der Waals surface area contributed by atoms with Gasteiger partial charge in [0, 0.05) is 16.7 Å². The summed E-state index contributed by atoms with van der Waals surface area (Å²) in [5.41, 5.74) is 3.55. The van der Waals surface area contributed by atoms with Crippen molar-refractivity contribution in [3.8, 4) is 34.5 Å². The number of carbonyl (C=O) groups is 3. The molecule has 3 aromatic rings. The highest BCUT2D eigenvalue weighted by Gasteiger charge is 2.31. The van der Waals surface area contributed by atoms with Crippen LogP contribution >= 0.6 is 0 Å². The Kier molecular flexibility index (Phi) is 9.10. The van der Waals surface area contributed by atoms with Crippen molar-refractivity contribution >= 4 is 17.9 Å². The molecule has 0 radical (unpaired) electrons. The monoisotopic (exact) mass is 580 g/mol. The van der Waals surface area contributed by atoms with Gasteiger partial charge in [-0.05, 0) is 89.3 Å². The Labute approximate surface area is 244 Å². The fraction of sp³-hybridized carbons (Fsp3) is 0.344. The molecule has 0 unspecified atom stereocenters. The summed E-state index contributed by atoms with van der Waals surface area (Å²) in [5, 5.41) is 20.5. The molecule has 0 heterocycles. The predicted octanol–water partition coefficient (Wildman–Crippen LogP) is 5.81. The molecule has 0 saturated heterocycles. The van der Waals surface area contributed by atoms with Gasteiger partial charge in [-0.3, -0.25) is 0 Å². The van der Waals surface area contributed by atoms with Crippen molar-refractivity contribution in [2.45, 2.75) is 55.4 Å². The van der Waals surface area contributed by atoms with Crippen molar-refractivity contribution in [1.82, 2.24) is 0 Å². The molecule has 224 valence electrons. The van der Waals surface area contributed by atoms with Gasteiger partial charge in [0.1, 0.15) is 51.2 Å². The first-order chi connectivity index (χ1) is 19.6. The lowest BCUT2D eigenvalue weighted by Gasteiger charge is -2.22. The quantitative estimate of drug-likeness (QED) is 0.260. The Morgan fingerprint density at radius 3 is 1.33 bits per heavy atom. The molecule has 0 spiro atoms. The fourth-order valence-electron chi connectivity index (χ4n) is 5.04. The smallest absolute Gasteiger partial charge is 0.347 e. The third kappa shape index (κ3) is 5.20. The van der Waals surface area contributed by atoms with E-state index in [2.05, 4.69) is 0 Å². The maximum absolute atomic E-state index is 13.7. The number of rotatable bonds is 7. The number of phenols is 2. The molecular formula is C32H36O10. The van der Waals surface area contributed by atoms with E-state index in [9.17, 15) is 24.6 Å². The number of carbonyl (C=O) groups excluding carboxylic acids is 3. The van der Waals surface area contributed by atoms with Gasteiger partial charge in [-0.2, -0.15) is 0 Å². The number of hydrogen-bond acceptors (Lipinski definition) is 10. The van der Waals surface area contributed by atoms with E-state index in [4.69, 9.17) is 23.7 Å². The van der Waals surface area contributed by atoms with E-state index in [0.717, 1.165) is 0 Å². The number of phenolic OH excluding ortho intramolecular Hbond substituents is 2. The Balaban J connectivity index is 2.12. The van der Waals surface area contributed by atoms with Gasteiger partial charge in [-0.25, -0.2) is 14.4 Å². The Bertz CT molecular complexity index is 1630. The topological polar surface area (TPSA) is 138 Å². The zero-order valence-corrected chi connectivity index (χ0v) is 25.7. The van der Waals surface area contributed by atoms with Crippen LogP contribution in [0.25, 0.3) is 0 Å². The minimum atomic E-state index is -0.837. The number of methoxy groups -OCH3 is 3. The van der Waals surface area contributed by atoms with Gasteiger partial charge in [-0.1, -0.05) is 0 Å². The molecular weight excluding hydrogens is 544 g/mol. The SMILES string of the molecule is COC(=O)c1c(C)c(C)c(OC(=O)c2c(C)c(C)c(OC(=O)c3c(C)cc(O)c(C)c3O)c(C)c2OC)c(C)c1OC. The number of hydrogen-bond donors (Lipinski definition) is 2. The molecule has 10 heteroatoms. The molecule has 0 aliphatic rings. The summed E-state index contributed by atoms with van der Waals surface area (Å²) in [6.07, 6.45) is 0. The first-order valence-corrected chi connectivity index (χ1v) is 13.0. The standard InChI is InChI=1S/C32H36O10/c1-13-12-21(33)18(6)25(34)22(13)31(36)41-26-17(5)15(3)24(29(39-10)20(26)8)32(37)42-27-16(4)14(2)23(30(35)40-11)28(38-9)19(27)7/h12,33-34H,1-11H3. The maximum atomic E-state index is 13.7. The zero-order chi connectivity index (χ0) is 31.8. The predicted molar refractivity (Wildman–Crippen MR) is 155 cm³/mol. The Morgan fingerprint density at radius 1 is 0.524 bits per heavy atom. The van der Waals surface area contributed by atoms with Crippen molar-refractivity contribution in [3.63, 3.8) is 0 Å². The number of aromatic hydroxyl groups is 2. The summed E-state index contributed by atoms with van der Waals surface area (Å²) in [7, 11) is 4.07. The maximum Gasteiger partial charge on any atom is 0.347 e. The molecule has 10 nitrogen and oxygen atoms in total. The van der Waals surface area contributed by atoms with Crippen LogP contribution in [0.4, 0.5) is 0 Å². The van der Waals surface area contributed by atoms with E-state index in [-0.39, 0.29) is 56.8 Å². The summed E-state index contributed by atoms with van der Waals surface area (Å²) in [6, 6.07) is 1.37. The highest BCUT2D eigenvalue weighted by atomic mass is 16.5. The average Bonchev–Trinajstić information content (AvgIpc) is 2.95. The lowest BCUT2D eigenvalue weighted by molar-refractivity contribution is 0.0595. The minimum Gasteiger partial charge on any atom is -0.508 e. The van der Waals surface area contributed by atoms with Crippen LogP contribution in [-0.4, -0.2) is 49.5 Å². The van der Waals surface area contributed by atoms with Crippen LogP contribution < -0.4 is 18.9 Å². The number of benzene rings is 3. The van der Waals surface area contributed by atoms with E-state index in [1.807, 2.05) is 0 Å². The molecule has 0 saturated carbocycles. The minimum absolute atomic E-state index is 0.0881. The highest BCUT2D eigenvalue weighted by Crippen LogP contribution is 2.42. The largest absolute Gasteiger partial charge is 0.508 e. The second kappa shape index (κ2) is 12.0.